The van der Waals surface area contributed by atoms with Crippen LogP contribution in [0.2, 0.25) is 5.02 Å². The summed E-state index contributed by atoms with van der Waals surface area (Å²) in [5, 5.41) is 14.9. The van der Waals surface area contributed by atoms with Gasteiger partial charge < -0.3 is 15.7 Å². The first-order valence-electron chi connectivity index (χ1n) is 7.42. The van der Waals surface area contributed by atoms with Gasteiger partial charge in [-0.05, 0) is 18.9 Å². The fraction of sp³-hybridized carbons (Fsp3) is 0.312. The summed E-state index contributed by atoms with van der Waals surface area (Å²) in [6.07, 6.45) is 1.16. The molecule has 8 heteroatoms. The van der Waals surface area contributed by atoms with Gasteiger partial charge in [-0.15, -0.1) is 11.3 Å². The standard InChI is InChI=1S/C16H17ClN2O4S/c17-14-10-5-1-2-6-11(10)24-15(14)16(23)19-9-12(20)18-8-4-3-7-13(21)22/h1-2,5-6H,3-4,7-9H2,(H,18,20)(H,19,23)(H,21,22). The summed E-state index contributed by atoms with van der Waals surface area (Å²) in [7, 11) is 0. The van der Waals surface area contributed by atoms with Crippen molar-refractivity contribution in [3.63, 3.8) is 0 Å². The van der Waals surface area contributed by atoms with E-state index in [0.717, 1.165) is 10.1 Å². The molecule has 0 aliphatic rings. The van der Waals surface area contributed by atoms with Gasteiger partial charge in [0, 0.05) is 23.1 Å². The minimum Gasteiger partial charge on any atom is -0.481 e. The zero-order valence-electron chi connectivity index (χ0n) is 12.8. The summed E-state index contributed by atoms with van der Waals surface area (Å²) < 4.78 is 0.913. The summed E-state index contributed by atoms with van der Waals surface area (Å²) in [4.78, 5) is 34.6. The van der Waals surface area contributed by atoms with Crippen molar-refractivity contribution in [2.75, 3.05) is 13.1 Å². The van der Waals surface area contributed by atoms with Gasteiger partial charge in [0.05, 0.1) is 11.6 Å². The van der Waals surface area contributed by atoms with E-state index in [4.69, 9.17) is 16.7 Å². The number of carboxylic acids is 1. The van der Waals surface area contributed by atoms with Gasteiger partial charge in [0.25, 0.3) is 5.91 Å². The van der Waals surface area contributed by atoms with Crippen molar-refractivity contribution in [1.29, 1.82) is 0 Å². The molecule has 0 radical (unpaired) electrons. The van der Waals surface area contributed by atoms with E-state index in [1.165, 1.54) is 11.3 Å². The van der Waals surface area contributed by atoms with E-state index in [1.54, 1.807) is 0 Å². The number of carboxylic acid groups (broad SMARTS) is 1. The van der Waals surface area contributed by atoms with E-state index in [1.807, 2.05) is 24.3 Å². The quantitative estimate of drug-likeness (QED) is 0.624. The second-order valence-corrected chi connectivity index (χ2v) is 6.55. The molecule has 0 atom stereocenters. The molecule has 1 aromatic carbocycles. The first kappa shape index (κ1) is 18.2. The van der Waals surface area contributed by atoms with Crippen molar-refractivity contribution >= 4 is 50.8 Å². The summed E-state index contributed by atoms with van der Waals surface area (Å²) in [6.45, 7) is 0.230. The molecule has 0 fully saturated rings. The smallest absolute Gasteiger partial charge is 0.303 e. The lowest BCUT2D eigenvalue weighted by Gasteiger charge is -2.06. The highest BCUT2D eigenvalue weighted by Crippen LogP contribution is 2.34. The van der Waals surface area contributed by atoms with E-state index < -0.39 is 5.97 Å². The second kappa shape index (κ2) is 8.65. The van der Waals surface area contributed by atoms with Gasteiger partial charge >= 0.3 is 5.97 Å². The van der Waals surface area contributed by atoms with Gasteiger partial charge in [-0.3, -0.25) is 14.4 Å². The number of hydrogen-bond donors (Lipinski definition) is 3. The lowest BCUT2D eigenvalue weighted by Crippen LogP contribution is -2.37. The van der Waals surface area contributed by atoms with E-state index in [2.05, 4.69) is 10.6 Å². The Morgan fingerprint density at radius 2 is 1.88 bits per heavy atom. The monoisotopic (exact) mass is 368 g/mol. The second-order valence-electron chi connectivity index (χ2n) is 5.12. The third-order valence-corrected chi connectivity index (χ3v) is 4.96. The Kier molecular flexibility index (Phi) is 6.57. The summed E-state index contributed by atoms with van der Waals surface area (Å²) in [5.74, 6) is -1.56. The van der Waals surface area contributed by atoms with Gasteiger partial charge in [-0.1, -0.05) is 29.8 Å². The maximum atomic E-state index is 12.2. The zero-order valence-corrected chi connectivity index (χ0v) is 14.4. The Labute approximate surface area is 147 Å². The lowest BCUT2D eigenvalue weighted by molar-refractivity contribution is -0.137. The molecule has 2 rings (SSSR count). The van der Waals surface area contributed by atoms with Crippen LogP contribution in [0.4, 0.5) is 0 Å². The number of halogens is 1. The van der Waals surface area contributed by atoms with Crippen LogP contribution >= 0.6 is 22.9 Å². The number of hydrogen-bond acceptors (Lipinski definition) is 4. The molecule has 24 heavy (non-hydrogen) atoms. The van der Waals surface area contributed by atoms with E-state index in [0.29, 0.717) is 29.3 Å². The molecule has 0 spiro atoms. The average molecular weight is 369 g/mol. The fourth-order valence-electron chi connectivity index (χ4n) is 2.09. The van der Waals surface area contributed by atoms with Crippen LogP contribution in [0.1, 0.15) is 28.9 Å². The minimum atomic E-state index is -0.853. The van der Waals surface area contributed by atoms with Crippen molar-refractivity contribution in [2.45, 2.75) is 19.3 Å². The Hall–Kier alpha value is -2.12. The van der Waals surface area contributed by atoms with Gasteiger partial charge in [-0.2, -0.15) is 0 Å². The van der Waals surface area contributed by atoms with E-state index >= 15 is 0 Å². The molecule has 0 bridgehead atoms. The molecule has 0 aliphatic heterocycles. The summed E-state index contributed by atoms with van der Waals surface area (Å²) in [6, 6.07) is 7.44. The zero-order chi connectivity index (χ0) is 17.5. The minimum absolute atomic E-state index is 0.0804. The molecule has 2 aromatic rings. The number of carbonyl (C=O) groups excluding carboxylic acids is 2. The first-order chi connectivity index (χ1) is 11.5. The molecule has 0 saturated carbocycles. The maximum Gasteiger partial charge on any atom is 0.303 e. The third kappa shape index (κ3) is 4.94. The number of nitrogens with one attached hydrogen (secondary N) is 2. The normalized spacial score (nSPS) is 10.5. The predicted molar refractivity (Wildman–Crippen MR) is 93.7 cm³/mol. The molecular weight excluding hydrogens is 352 g/mol. The largest absolute Gasteiger partial charge is 0.481 e. The number of carbonyl (C=O) groups is 3. The highest BCUT2D eigenvalue weighted by Gasteiger charge is 2.17. The SMILES string of the molecule is O=C(O)CCCCNC(=O)CNC(=O)c1sc2ccccc2c1Cl. The average Bonchev–Trinajstić information content (AvgIpc) is 2.89. The number of fused-ring (bicyclic) bond motifs is 1. The van der Waals surface area contributed by atoms with Crippen LogP contribution in [0, 0.1) is 0 Å². The summed E-state index contributed by atoms with van der Waals surface area (Å²) >= 11 is 7.49. The Bertz CT molecular complexity index is 760. The van der Waals surface area contributed by atoms with Crippen molar-refractivity contribution in [3.8, 4) is 0 Å². The highest BCUT2D eigenvalue weighted by molar-refractivity contribution is 7.21. The molecule has 2 amide bonds. The van der Waals surface area contributed by atoms with Crippen LogP contribution in [0.25, 0.3) is 10.1 Å². The van der Waals surface area contributed by atoms with Crippen LogP contribution in [-0.4, -0.2) is 36.0 Å². The maximum absolute atomic E-state index is 12.2. The summed E-state index contributed by atoms with van der Waals surface area (Å²) in [5.41, 5.74) is 0. The van der Waals surface area contributed by atoms with Crippen LogP contribution < -0.4 is 10.6 Å². The van der Waals surface area contributed by atoms with Crippen LogP contribution in [-0.2, 0) is 9.59 Å². The van der Waals surface area contributed by atoms with Gasteiger partial charge in [0.15, 0.2) is 0 Å². The van der Waals surface area contributed by atoms with E-state index in [-0.39, 0.29) is 24.8 Å². The van der Waals surface area contributed by atoms with Gasteiger partial charge in [0.1, 0.15) is 4.88 Å². The number of rotatable bonds is 8. The third-order valence-electron chi connectivity index (χ3n) is 3.29. The molecule has 0 saturated heterocycles. The van der Waals surface area contributed by atoms with Crippen LogP contribution in [0.15, 0.2) is 24.3 Å². The van der Waals surface area contributed by atoms with Crippen LogP contribution in [0.5, 0.6) is 0 Å². The van der Waals surface area contributed by atoms with Gasteiger partial charge in [-0.25, -0.2) is 0 Å². The number of thiophene rings is 1. The lowest BCUT2D eigenvalue weighted by atomic mass is 10.2. The Morgan fingerprint density at radius 3 is 2.58 bits per heavy atom. The molecule has 6 nitrogen and oxygen atoms in total. The number of benzene rings is 1. The molecule has 0 aliphatic carbocycles. The van der Waals surface area contributed by atoms with E-state index in [9.17, 15) is 14.4 Å². The highest BCUT2D eigenvalue weighted by atomic mass is 35.5. The molecule has 1 heterocycles. The Balaban J connectivity index is 1.79. The fourth-order valence-corrected chi connectivity index (χ4v) is 3.53. The topological polar surface area (TPSA) is 95.5 Å². The molecule has 1 aromatic heterocycles. The molecule has 3 N–H and O–H groups in total. The van der Waals surface area contributed by atoms with Crippen molar-refractivity contribution < 1.29 is 19.5 Å². The number of aliphatic carboxylic acids is 1. The molecular formula is C16H17ClN2O4S. The number of unbranched alkanes of at least 4 members (excludes halogenated alkanes) is 1. The van der Waals surface area contributed by atoms with Gasteiger partial charge in [0.2, 0.25) is 5.91 Å². The van der Waals surface area contributed by atoms with Crippen molar-refractivity contribution in [3.05, 3.63) is 34.2 Å². The Morgan fingerprint density at radius 1 is 1.12 bits per heavy atom. The van der Waals surface area contributed by atoms with Crippen molar-refractivity contribution in [1.82, 2.24) is 10.6 Å². The van der Waals surface area contributed by atoms with Crippen molar-refractivity contribution in [2.24, 2.45) is 0 Å². The number of amides is 2. The van der Waals surface area contributed by atoms with Crippen LogP contribution in [0.3, 0.4) is 0 Å². The molecule has 128 valence electrons. The predicted octanol–water partition coefficient (Wildman–Crippen LogP) is 2.66. The first-order valence-corrected chi connectivity index (χ1v) is 8.62. The molecule has 0 unspecified atom stereocenters.